The molecular weight excluding hydrogens is 144 g/mol. The number of hydrogen-bond donors (Lipinski definition) is 0. The van der Waals surface area contributed by atoms with Gasteiger partial charge in [-0.1, -0.05) is 6.58 Å². The number of hydrogen-bond acceptors (Lipinski definition) is 3. The number of ether oxygens (including phenoxy) is 1. The van der Waals surface area contributed by atoms with Crippen LogP contribution in [-0.2, 0) is 9.53 Å². The topological polar surface area (TPSA) is 39.4 Å². The fourth-order valence-electron chi connectivity index (χ4n) is 0.661. The second-order valence-corrected chi connectivity index (χ2v) is 1.99. The third-order valence-corrected chi connectivity index (χ3v) is 1.06. The minimum Gasteiger partial charge on any atom is -0.461 e. The summed E-state index contributed by atoms with van der Waals surface area (Å²) in [7, 11) is 0. The molecule has 58 valence electrons. The Bertz CT molecular complexity index is 259. The summed E-state index contributed by atoms with van der Waals surface area (Å²) in [5, 5.41) is 0. The molecule has 0 aliphatic heterocycles. The lowest BCUT2D eigenvalue weighted by Gasteiger charge is -1.99. The molecule has 0 saturated carbocycles. The highest BCUT2D eigenvalue weighted by atomic mass is 16.5. The molecular formula is C8H8O3. The lowest BCUT2D eigenvalue weighted by atomic mass is 10.4. The second-order valence-electron chi connectivity index (χ2n) is 1.99. The van der Waals surface area contributed by atoms with Gasteiger partial charge in [0.25, 0.3) is 0 Å². The van der Waals surface area contributed by atoms with E-state index in [0.717, 1.165) is 0 Å². The highest BCUT2D eigenvalue weighted by Gasteiger charge is 2.04. The first-order chi connectivity index (χ1) is 5.20. The van der Waals surface area contributed by atoms with E-state index in [2.05, 4.69) is 11.3 Å². The van der Waals surface area contributed by atoms with Crippen LogP contribution in [0, 0.1) is 0 Å². The largest absolute Gasteiger partial charge is 0.461 e. The Labute approximate surface area is 64.3 Å². The minimum atomic E-state index is -0.397. The fourth-order valence-corrected chi connectivity index (χ4v) is 0.661. The Morgan fingerprint density at radius 3 is 2.91 bits per heavy atom. The Morgan fingerprint density at radius 1 is 1.73 bits per heavy atom. The van der Waals surface area contributed by atoms with Crippen LogP contribution in [0.4, 0.5) is 0 Å². The van der Waals surface area contributed by atoms with Crippen molar-refractivity contribution in [3.8, 4) is 0 Å². The molecule has 0 N–H and O–H groups in total. The molecule has 0 unspecified atom stereocenters. The molecule has 0 bridgehead atoms. The molecule has 0 aromatic carbocycles. The molecule has 0 radical (unpaired) electrons. The van der Waals surface area contributed by atoms with Crippen LogP contribution in [0.3, 0.4) is 0 Å². The molecule has 3 nitrogen and oxygen atoms in total. The van der Waals surface area contributed by atoms with Crippen LogP contribution >= 0.6 is 0 Å². The maximum Gasteiger partial charge on any atom is 0.308 e. The van der Waals surface area contributed by atoms with Crippen LogP contribution in [0.25, 0.3) is 5.76 Å². The number of furan rings is 1. The van der Waals surface area contributed by atoms with Crippen LogP contribution in [-0.4, -0.2) is 5.97 Å². The van der Waals surface area contributed by atoms with E-state index in [1.165, 1.54) is 13.2 Å². The summed E-state index contributed by atoms with van der Waals surface area (Å²) in [4.78, 5) is 10.4. The average Bonchev–Trinajstić information content (AvgIpc) is 2.35. The Balaban J connectivity index is 2.64. The molecule has 1 rings (SSSR count). The van der Waals surface area contributed by atoms with Crippen molar-refractivity contribution in [2.75, 3.05) is 0 Å². The third-order valence-electron chi connectivity index (χ3n) is 1.06. The van der Waals surface area contributed by atoms with Gasteiger partial charge < -0.3 is 9.15 Å². The number of carbonyl (C=O) groups excluding carboxylic acids is 1. The first-order valence-corrected chi connectivity index (χ1v) is 3.11. The van der Waals surface area contributed by atoms with Gasteiger partial charge in [-0.3, -0.25) is 4.79 Å². The maximum atomic E-state index is 10.4. The predicted molar refractivity (Wildman–Crippen MR) is 39.5 cm³/mol. The molecule has 1 aromatic heterocycles. The highest BCUT2D eigenvalue weighted by molar-refractivity contribution is 5.74. The van der Waals surface area contributed by atoms with Crippen molar-refractivity contribution < 1.29 is 13.9 Å². The van der Waals surface area contributed by atoms with Crippen LogP contribution in [0.5, 0.6) is 0 Å². The first-order valence-electron chi connectivity index (χ1n) is 3.11. The number of esters is 1. The molecule has 0 saturated heterocycles. The van der Waals surface area contributed by atoms with Crippen LogP contribution in [0.2, 0.25) is 0 Å². The second kappa shape index (κ2) is 3.05. The van der Waals surface area contributed by atoms with Crippen molar-refractivity contribution in [1.29, 1.82) is 0 Å². The van der Waals surface area contributed by atoms with Crippen LogP contribution in [0.15, 0.2) is 29.4 Å². The van der Waals surface area contributed by atoms with Crippen molar-refractivity contribution in [2.24, 2.45) is 0 Å². The summed E-state index contributed by atoms with van der Waals surface area (Å²) in [6.07, 6.45) is 1.49. The van der Waals surface area contributed by atoms with E-state index in [1.54, 1.807) is 12.1 Å². The monoisotopic (exact) mass is 152 g/mol. The molecule has 0 aliphatic rings. The van der Waals surface area contributed by atoms with Crippen LogP contribution in [0.1, 0.15) is 12.7 Å². The zero-order chi connectivity index (χ0) is 8.27. The van der Waals surface area contributed by atoms with E-state index in [9.17, 15) is 4.79 Å². The van der Waals surface area contributed by atoms with Gasteiger partial charge in [0.05, 0.1) is 6.26 Å². The summed E-state index contributed by atoms with van der Waals surface area (Å²) >= 11 is 0. The molecule has 0 aliphatic carbocycles. The smallest absolute Gasteiger partial charge is 0.308 e. The van der Waals surface area contributed by atoms with Crippen molar-refractivity contribution in [3.63, 3.8) is 0 Å². The van der Waals surface area contributed by atoms with Gasteiger partial charge in [0.15, 0.2) is 11.5 Å². The van der Waals surface area contributed by atoms with Gasteiger partial charge in [-0.05, 0) is 12.1 Å². The van der Waals surface area contributed by atoms with Crippen LogP contribution < -0.4 is 0 Å². The van der Waals surface area contributed by atoms with E-state index >= 15 is 0 Å². The molecule has 0 fully saturated rings. The Hall–Kier alpha value is -1.51. The van der Waals surface area contributed by atoms with E-state index in [0.29, 0.717) is 5.76 Å². The number of rotatable bonds is 2. The summed E-state index contributed by atoms with van der Waals surface area (Å²) < 4.78 is 9.59. The summed E-state index contributed by atoms with van der Waals surface area (Å²) in [5.41, 5.74) is 0. The SMILES string of the molecule is C=C(OC(C)=O)c1ccco1. The van der Waals surface area contributed by atoms with Gasteiger partial charge in [0.2, 0.25) is 0 Å². The van der Waals surface area contributed by atoms with Gasteiger partial charge >= 0.3 is 5.97 Å². The summed E-state index contributed by atoms with van der Waals surface area (Å²) in [5.74, 6) is 0.314. The zero-order valence-corrected chi connectivity index (χ0v) is 6.16. The van der Waals surface area contributed by atoms with Gasteiger partial charge in [-0.2, -0.15) is 0 Å². The van der Waals surface area contributed by atoms with Crippen molar-refractivity contribution in [2.45, 2.75) is 6.92 Å². The van der Waals surface area contributed by atoms with Crippen molar-refractivity contribution >= 4 is 11.7 Å². The van der Waals surface area contributed by atoms with E-state index in [4.69, 9.17) is 4.42 Å². The zero-order valence-electron chi connectivity index (χ0n) is 6.16. The first kappa shape index (κ1) is 7.60. The highest BCUT2D eigenvalue weighted by Crippen LogP contribution is 2.13. The molecule has 1 heterocycles. The third kappa shape index (κ3) is 1.97. The van der Waals surface area contributed by atoms with E-state index in [-0.39, 0.29) is 5.76 Å². The molecule has 3 heteroatoms. The normalized spacial score (nSPS) is 9.18. The molecule has 11 heavy (non-hydrogen) atoms. The lowest BCUT2D eigenvalue weighted by molar-refractivity contribution is -0.134. The molecule has 1 aromatic rings. The van der Waals surface area contributed by atoms with E-state index in [1.807, 2.05) is 0 Å². The maximum absolute atomic E-state index is 10.4. The van der Waals surface area contributed by atoms with Crippen molar-refractivity contribution in [1.82, 2.24) is 0 Å². The lowest BCUT2D eigenvalue weighted by Crippen LogP contribution is -1.95. The predicted octanol–water partition coefficient (Wildman–Crippen LogP) is 1.81. The van der Waals surface area contributed by atoms with Gasteiger partial charge in [-0.25, -0.2) is 0 Å². The minimum absolute atomic E-state index is 0.238. The Kier molecular flexibility index (Phi) is 2.11. The van der Waals surface area contributed by atoms with Crippen molar-refractivity contribution in [3.05, 3.63) is 30.7 Å². The van der Waals surface area contributed by atoms with Gasteiger partial charge in [0.1, 0.15) is 0 Å². The Morgan fingerprint density at radius 2 is 2.45 bits per heavy atom. The number of carbonyl (C=O) groups is 1. The van der Waals surface area contributed by atoms with E-state index < -0.39 is 5.97 Å². The quantitative estimate of drug-likeness (QED) is 0.479. The van der Waals surface area contributed by atoms with Gasteiger partial charge in [-0.15, -0.1) is 0 Å². The standard InChI is InChI=1S/C8H8O3/c1-6(11-7(2)9)8-4-3-5-10-8/h3-5H,1H2,2H3. The molecule has 0 amide bonds. The van der Waals surface area contributed by atoms with Gasteiger partial charge in [0, 0.05) is 6.92 Å². The summed E-state index contributed by atoms with van der Waals surface area (Å²) in [6.45, 7) is 4.81. The summed E-state index contributed by atoms with van der Waals surface area (Å²) in [6, 6.07) is 3.37. The fraction of sp³-hybridized carbons (Fsp3) is 0.125. The average molecular weight is 152 g/mol. The molecule has 0 spiro atoms. The molecule has 0 atom stereocenters.